The maximum atomic E-state index is 10.0. The molecule has 0 spiro atoms. The molecule has 0 aliphatic carbocycles. The van der Waals surface area contributed by atoms with Gasteiger partial charge in [0.25, 0.3) is 5.69 Å². The van der Waals surface area contributed by atoms with Gasteiger partial charge in [-0.25, -0.2) is 0 Å². The Labute approximate surface area is 80.8 Å². The zero-order valence-electron chi connectivity index (χ0n) is 5.38. The summed E-state index contributed by atoms with van der Waals surface area (Å²) in [5, 5.41) is 10.0. The Bertz CT molecular complexity index is 217. The monoisotopic (exact) mass is 214 g/mol. The molecule has 0 aromatic heterocycles. The SMILES string of the molecule is O=[N+]([O-])c1ccccc1.[Cl-].[Fe]. The quantitative estimate of drug-likeness (QED) is 0.328. The van der Waals surface area contributed by atoms with Crippen LogP contribution in [0.4, 0.5) is 5.69 Å². The molecular weight excluding hydrogens is 209 g/mol. The van der Waals surface area contributed by atoms with Crippen LogP contribution in [-0.2, 0) is 17.1 Å². The smallest absolute Gasteiger partial charge is 0.269 e. The van der Waals surface area contributed by atoms with Gasteiger partial charge >= 0.3 is 0 Å². The summed E-state index contributed by atoms with van der Waals surface area (Å²) in [7, 11) is 0. The standard InChI is InChI=1S/C6H5NO2.ClH.Fe/c8-7(9)6-4-2-1-3-5-6;;/h1-5H;1H;/p-1. The molecule has 0 radical (unpaired) electrons. The van der Waals surface area contributed by atoms with Crippen molar-refractivity contribution in [1.29, 1.82) is 0 Å². The molecule has 3 nitrogen and oxygen atoms in total. The fourth-order valence-electron chi connectivity index (χ4n) is 0.550. The third kappa shape index (κ3) is 3.98. The number of benzene rings is 1. The van der Waals surface area contributed by atoms with Crippen molar-refractivity contribution in [3.63, 3.8) is 0 Å². The van der Waals surface area contributed by atoms with E-state index >= 15 is 0 Å². The van der Waals surface area contributed by atoms with Gasteiger partial charge in [0, 0.05) is 29.2 Å². The summed E-state index contributed by atoms with van der Waals surface area (Å²) >= 11 is 0. The number of non-ortho nitro benzene ring substituents is 1. The van der Waals surface area contributed by atoms with Gasteiger partial charge in [-0.3, -0.25) is 10.1 Å². The molecule has 11 heavy (non-hydrogen) atoms. The second-order valence-corrected chi connectivity index (χ2v) is 1.59. The molecule has 0 amide bonds. The number of para-hydroxylation sites is 1. The minimum atomic E-state index is -0.417. The van der Waals surface area contributed by atoms with Crippen LogP contribution in [0.2, 0.25) is 0 Å². The molecule has 5 heteroatoms. The predicted octanol–water partition coefficient (Wildman–Crippen LogP) is -1.40. The second-order valence-electron chi connectivity index (χ2n) is 1.59. The third-order valence-electron chi connectivity index (χ3n) is 0.967. The summed E-state index contributed by atoms with van der Waals surface area (Å²) in [5.74, 6) is 0. The first kappa shape index (κ1) is 13.1. The molecule has 1 aromatic carbocycles. The number of hydrogen-bond acceptors (Lipinski definition) is 2. The first-order chi connectivity index (χ1) is 4.30. The first-order valence-electron chi connectivity index (χ1n) is 2.50. The largest absolute Gasteiger partial charge is 1.00 e. The van der Waals surface area contributed by atoms with Gasteiger partial charge in [-0.05, 0) is 0 Å². The van der Waals surface area contributed by atoms with Crippen LogP contribution in [0, 0.1) is 10.1 Å². The van der Waals surface area contributed by atoms with Gasteiger partial charge in [-0.2, -0.15) is 0 Å². The van der Waals surface area contributed by atoms with Crippen LogP contribution in [0.5, 0.6) is 0 Å². The molecule has 0 heterocycles. The van der Waals surface area contributed by atoms with Crippen molar-refractivity contribution in [3.8, 4) is 0 Å². The van der Waals surface area contributed by atoms with Gasteiger partial charge in [-0.15, -0.1) is 0 Å². The van der Waals surface area contributed by atoms with E-state index in [2.05, 4.69) is 0 Å². The number of nitro groups is 1. The fraction of sp³-hybridized carbons (Fsp3) is 0. The zero-order chi connectivity index (χ0) is 6.69. The molecule has 1 aromatic rings. The maximum Gasteiger partial charge on any atom is 0.269 e. The first-order valence-corrected chi connectivity index (χ1v) is 2.50. The van der Waals surface area contributed by atoms with Crippen molar-refractivity contribution < 1.29 is 34.4 Å². The summed E-state index contributed by atoms with van der Waals surface area (Å²) in [6, 6.07) is 7.93. The third-order valence-corrected chi connectivity index (χ3v) is 0.967. The predicted molar refractivity (Wildman–Crippen MR) is 33.1 cm³/mol. The summed E-state index contributed by atoms with van der Waals surface area (Å²) in [6.07, 6.45) is 0. The van der Waals surface area contributed by atoms with E-state index in [1.54, 1.807) is 18.2 Å². The van der Waals surface area contributed by atoms with E-state index in [1.165, 1.54) is 12.1 Å². The van der Waals surface area contributed by atoms with E-state index < -0.39 is 4.92 Å². The van der Waals surface area contributed by atoms with Gasteiger partial charge in [-0.1, -0.05) is 18.2 Å². The minimum absolute atomic E-state index is 0. The maximum absolute atomic E-state index is 10.0. The van der Waals surface area contributed by atoms with Crippen molar-refractivity contribution >= 4 is 5.69 Å². The second kappa shape index (κ2) is 6.16. The van der Waals surface area contributed by atoms with Crippen LogP contribution < -0.4 is 12.4 Å². The molecular formula is C6H5ClFeNO2-. The Morgan fingerprint density at radius 1 is 1.18 bits per heavy atom. The van der Waals surface area contributed by atoms with Gasteiger partial charge in [0.1, 0.15) is 0 Å². The van der Waals surface area contributed by atoms with Crippen molar-refractivity contribution in [3.05, 3.63) is 40.4 Å². The number of rotatable bonds is 1. The average molecular weight is 214 g/mol. The Morgan fingerprint density at radius 2 is 1.64 bits per heavy atom. The molecule has 0 fully saturated rings. The molecule has 0 aliphatic heterocycles. The molecule has 0 bridgehead atoms. The Morgan fingerprint density at radius 3 is 1.91 bits per heavy atom. The Balaban J connectivity index is 0. The molecule has 62 valence electrons. The molecule has 0 atom stereocenters. The summed E-state index contributed by atoms with van der Waals surface area (Å²) in [6.45, 7) is 0. The van der Waals surface area contributed by atoms with Crippen LogP contribution in [0.15, 0.2) is 30.3 Å². The van der Waals surface area contributed by atoms with Crippen LogP contribution >= 0.6 is 0 Å². The fourth-order valence-corrected chi connectivity index (χ4v) is 0.550. The van der Waals surface area contributed by atoms with E-state index in [-0.39, 0.29) is 35.2 Å². The molecule has 0 unspecified atom stereocenters. The summed E-state index contributed by atoms with van der Waals surface area (Å²) in [4.78, 5) is 9.59. The van der Waals surface area contributed by atoms with Gasteiger partial charge in [0.15, 0.2) is 0 Å². The van der Waals surface area contributed by atoms with Gasteiger partial charge in [0.2, 0.25) is 0 Å². The van der Waals surface area contributed by atoms with Crippen LogP contribution in [0.1, 0.15) is 0 Å². The van der Waals surface area contributed by atoms with Crippen LogP contribution in [-0.4, -0.2) is 4.92 Å². The number of halogens is 1. The number of nitro benzene ring substituents is 1. The van der Waals surface area contributed by atoms with E-state index in [4.69, 9.17) is 0 Å². The van der Waals surface area contributed by atoms with E-state index in [9.17, 15) is 10.1 Å². The zero-order valence-corrected chi connectivity index (χ0v) is 7.24. The summed E-state index contributed by atoms with van der Waals surface area (Å²) in [5.41, 5.74) is 0.137. The average Bonchev–Trinajstić information content (AvgIpc) is 1.90. The van der Waals surface area contributed by atoms with Gasteiger partial charge < -0.3 is 12.4 Å². The summed E-state index contributed by atoms with van der Waals surface area (Å²) < 4.78 is 0. The number of nitrogens with zero attached hydrogens (tertiary/aromatic N) is 1. The van der Waals surface area contributed by atoms with E-state index in [1.807, 2.05) is 0 Å². The van der Waals surface area contributed by atoms with Crippen molar-refractivity contribution in [1.82, 2.24) is 0 Å². The molecule has 0 saturated heterocycles. The van der Waals surface area contributed by atoms with E-state index in [0.29, 0.717) is 0 Å². The molecule has 1 rings (SSSR count). The normalized spacial score (nSPS) is 7.27. The van der Waals surface area contributed by atoms with Crippen molar-refractivity contribution in [2.75, 3.05) is 0 Å². The topological polar surface area (TPSA) is 43.1 Å². The Kier molecular flexibility index (Phi) is 7.31. The van der Waals surface area contributed by atoms with E-state index in [0.717, 1.165) is 0 Å². The van der Waals surface area contributed by atoms with Crippen molar-refractivity contribution in [2.45, 2.75) is 0 Å². The van der Waals surface area contributed by atoms with Crippen molar-refractivity contribution in [2.24, 2.45) is 0 Å². The van der Waals surface area contributed by atoms with Crippen LogP contribution in [0.25, 0.3) is 0 Å². The minimum Gasteiger partial charge on any atom is -1.00 e. The van der Waals surface area contributed by atoms with Gasteiger partial charge in [0.05, 0.1) is 4.92 Å². The Hall–Kier alpha value is -0.571. The molecule has 0 aliphatic rings. The van der Waals surface area contributed by atoms with Crippen LogP contribution in [0.3, 0.4) is 0 Å². The molecule has 0 N–H and O–H groups in total. The molecule has 0 saturated carbocycles. The number of hydrogen-bond donors (Lipinski definition) is 0.